The maximum absolute atomic E-state index is 3.33. The number of hydrogen-bond donors (Lipinski definition) is 0. The van der Waals surface area contributed by atoms with E-state index in [1.165, 1.54) is 23.7 Å². The van der Waals surface area contributed by atoms with Crippen LogP contribution in [0.5, 0.6) is 0 Å². The van der Waals surface area contributed by atoms with Crippen LogP contribution in [0.3, 0.4) is 0 Å². The highest BCUT2D eigenvalue weighted by atomic mass is 15.5. The first-order valence-electron chi connectivity index (χ1n) is 6.10. The highest BCUT2D eigenvalue weighted by molar-refractivity contribution is 5.80. The summed E-state index contributed by atoms with van der Waals surface area (Å²) in [6.45, 7) is 6.61. The van der Waals surface area contributed by atoms with Gasteiger partial charge < -0.3 is 5.01 Å². The second kappa shape index (κ2) is 5.06. The Bertz CT molecular complexity index is 439. The Labute approximate surface area is 97.5 Å². The van der Waals surface area contributed by atoms with E-state index in [1.54, 1.807) is 0 Å². The van der Waals surface area contributed by atoms with Crippen LogP contribution in [-0.2, 0) is 0 Å². The average Bonchev–Trinajstić information content (AvgIpc) is 2.72. The van der Waals surface area contributed by atoms with Crippen molar-refractivity contribution in [1.82, 2.24) is 4.68 Å². The summed E-state index contributed by atoms with van der Waals surface area (Å²) in [6, 6.07) is 10.5. The van der Waals surface area contributed by atoms with Crippen molar-refractivity contribution in [3.05, 3.63) is 36.5 Å². The quantitative estimate of drug-likeness (QED) is 0.743. The van der Waals surface area contributed by atoms with Crippen LogP contribution < -0.4 is 5.01 Å². The molecule has 1 aromatic carbocycles. The molecule has 0 fully saturated rings. The molecule has 85 valence electrons. The number of fused-ring (bicyclic) bond motifs is 1. The standard InChI is InChI=1S/C14H19N2/c1-3-10-15(11-4-2)16-12-9-13-7-5-6-8-14(13)16/h5-9H,3-4,10-11H2,1-2H3. The van der Waals surface area contributed by atoms with Gasteiger partial charge in [0.25, 0.3) is 0 Å². The van der Waals surface area contributed by atoms with Crippen molar-refractivity contribution < 1.29 is 0 Å². The molecular formula is C14H19N2. The van der Waals surface area contributed by atoms with Crippen LogP contribution in [0.25, 0.3) is 10.9 Å². The fraction of sp³-hybridized carbons (Fsp3) is 0.429. The molecule has 2 aromatic rings. The normalized spacial score (nSPS) is 10.9. The molecule has 0 bridgehead atoms. The maximum atomic E-state index is 3.33. The van der Waals surface area contributed by atoms with Crippen molar-refractivity contribution in [1.29, 1.82) is 0 Å². The van der Waals surface area contributed by atoms with Gasteiger partial charge in [-0.2, -0.15) is 0 Å². The maximum Gasteiger partial charge on any atom is 0.0892 e. The largest absolute Gasteiger partial charge is 0.312 e. The van der Waals surface area contributed by atoms with Gasteiger partial charge in [0.2, 0.25) is 0 Å². The third kappa shape index (κ3) is 2.06. The smallest absolute Gasteiger partial charge is 0.0892 e. The molecule has 0 saturated carbocycles. The summed E-state index contributed by atoms with van der Waals surface area (Å²) in [7, 11) is 0. The van der Waals surface area contributed by atoms with Gasteiger partial charge in [0, 0.05) is 18.5 Å². The third-order valence-corrected chi connectivity index (χ3v) is 2.75. The van der Waals surface area contributed by atoms with E-state index in [0.717, 1.165) is 13.1 Å². The number of benzene rings is 1. The molecule has 0 aliphatic carbocycles. The molecule has 1 heterocycles. The predicted octanol–water partition coefficient (Wildman–Crippen LogP) is 3.20. The Morgan fingerprint density at radius 2 is 1.81 bits per heavy atom. The third-order valence-electron chi connectivity index (χ3n) is 2.75. The zero-order chi connectivity index (χ0) is 11.4. The molecule has 2 heteroatoms. The second-order valence-electron chi connectivity index (χ2n) is 4.10. The summed E-state index contributed by atoms with van der Waals surface area (Å²) in [5.41, 5.74) is 1.25. The van der Waals surface area contributed by atoms with Gasteiger partial charge in [-0.3, -0.25) is 4.68 Å². The minimum atomic E-state index is 1.09. The highest BCUT2D eigenvalue weighted by Crippen LogP contribution is 2.15. The minimum absolute atomic E-state index is 1.09. The van der Waals surface area contributed by atoms with Crippen LogP contribution in [0.4, 0.5) is 0 Å². The number of rotatable bonds is 5. The lowest BCUT2D eigenvalue weighted by Crippen LogP contribution is -2.35. The van der Waals surface area contributed by atoms with E-state index >= 15 is 0 Å². The monoisotopic (exact) mass is 215 g/mol. The lowest BCUT2D eigenvalue weighted by molar-refractivity contribution is 0.582. The zero-order valence-electron chi connectivity index (χ0n) is 10.1. The molecule has 2 nitrogen and oxygen atoms in total. The zero-order valence-corrected chi connectivity index (χ0v) is 10.1. The lowest BCUT2D eigenvalue weighted by Gasteiger charge is -2.25. The van der Waals surface area contributed by atoms with Gasteiger partial charge in [-0.1, -0.05) is 32.0 Å². The van der Waals surface area contributed by atoms with Crippen molar-refractivity contribution >= 4 is 10.9 Å². The first-order chi connectivity index (χ1) is 7.86. The summed E-state index contributed by atoms with van der Waals surface area (Å²) in [5.74, 6) is 0. The van der Waals surface area contributed by atoms with Crippen molar-refractivity contribution in [2.45, 2.75) is 26.7 Å². The van der Waals surface area contributed by atoms with Crippen LogP contribution in [0.15, 0.2) is 30.3 Å². The van der Waals surface area contributed by atoms with E-state index in [1.807, 2.05) is 0 Å². The molecule has 0 N–H and O–H groups in total. The van der Waals surface area contributed by atoms with Gasteiger partial charge in [0.05, 0.1) is 11.7 Å². The van der Waals surface area contributed by atoms with Gasteiger partial charge in [-0.25, -0.2) is 0 Å². The van der Waals surface area contributed by atoms with Crippen LogP contribution in [0, 0.1) is 6.20 Å². The van der Waals surface area contributed by atoms with Crippen molar-refractivity contribution in [2.75, 3.05) is 18.1 Å². The molecule has 0 atom stereocenters. The Hall–Kier alpha value is -1.44. The Balaban J connectivity index is 2.36. The van der Waals surface area contributed by atoms with Gasteiger partial charge in [-0.05, 0) is 25.0 Å². The van der Waals surface area contributed by atoms with Crippen LogP contribution in [0.1, 0.15) is 26.7 Å². The number of para-hydroxylation sites is 1. The van der Waals surface area contributed by atoms with E-state index < -0.39 is 0 Å². The predicted molar refractivity (Wildman–Crippen MR) is 69.3 cm³/mol. The first kappa shape index (κ1) is 11.1. The Morgan fingerprint density at radius 3 is 2.50 bits per heavy atom. The second-order valence-corrected chi connectivity index (χ2v) is 4.10. The molecule has 0 unspecified atom stereocenters. The SMILES string of the molecule is CCCN(CCC)n1[c]cc2ccccc21. The molecular weight excluding hydrogens is 196 g/mol. The molecule has 0 saturated heterocycles. The topological polar surface area (TPSA) is 8.17 Å². The number of nitrogens with zero attached hydrogens (tertiary/aromatic N) is 2. The summed E-state index contributed by atoms with van der Waals surface area (Å²) >= 11 is 0. The molecule has 0 aliphatic heterocycles. The molecule has 16 heavy (non-hydrogen) atoms. The molecule has 1 radical (unpaired) electrons. The molecule has 1 aromatic heterocycles. The van der Waals surface area contributed by atoms with Crippen LogP contribution in [0.2, 0.25) is 0 Å². The molecule has 0 amide bonds. The van der Waals surface area contributed by atoms with Gasteiger partial charge in [0.1, 0.15) is 0 Å². The molecule has 2 rings (SSSR count). The summed E-state index contributed by atoms with van der Waals surface area (Å²) in [4.78, 5) is 0. The number of hydrogen-bond acceptors (Lipinski definition) is 1. The minimum Gasteiger partial charge on any atom is -0.312 e. The lowest BCUT2D eigenvalue weighted by atomic mass is 10.2. The van der Waals surface area contributed by atoms with Crippen LogP contribution in [-0.4, -0.2) is 17.8 Å². The van der Waals surface area contributed by atoms with Crippen molar-refractivity contribution in [2.24, 2.45) is 0 Å². The van der Waals surface area contributed by atoms with E-state index in [4.69, 9.17) is 0 Å². The number of aromatic nitrogens is 1. The van der Waals surface area contributed by atoms with Crippen molar-refractivity contribution in [3.63, 3.8) is 0 Å². The van der Waals surface area contributed by atoms with Gasteiger partial charge in [-0.15, -0.1) is 0 Å². The Kier molecular flexibility index (Phi) is 3.50. The van der Waals surface area contributed by atoms with E-state index in [2.05, 4.69) is 60.1 Å². The highest BCUT2D eigenvalue weighted by Gasteiger charge is 2.06. The average molecular weight is 215 g/mol. The van der Waals surface area contributed by atoms with Crippen molar-refractivity contribution in [3.8, 4) is 0 Å². The molecule has 0 spiro atoms. The van der Waals surface area contributed by atoms with E-state index in [9.17, 15) is 0 Å². The van der Waals surface area contributed by atoms with Gasteiger partial charge >= 0.3 is 0 Å². The molecule has 0 aliphatic rings. The summed E-state index contributed by atoms with van der Waals surface area (Å²) in [5, 5.41) is 3.63. The van der Waals surface area contributed by atoms with E-state index in [-0.39, 0.29) is 0 Å². The fourth-order valence-electron chi connectivity index (χ4n) is 2.06. The van der Waals surface area contributed by atoms with Crippen LogP contribution >= 0.6 is 0 Å². The first-order valence-corrected chi connectivity index (χ1v) is 6.10. The van der Waals surface area contributed by atoms with Gasteiger partial charge in [0.15, 0.2) is 0 Å². The summed E-state index contributed by atoms with van der Waals surface area (Å²) in [6.07, 6.45) is 5.66. The Morgan fingerprint density at radius 1 is 1.12 bits per heavy atom. The fourth-order valence-corrected chi connectivity index (χ4v) is 2.06. The van der Waals surface area contributed by atoms with E-state index in [0.29, 0.717) is 0 Å². The summed E-state index contributed by atoms with van der Waals surface area (Å²) < 4.78 is 2.17.